The number of rotatable bonds is 5. The molecule has 0 amide bonds. The third-order valence-corrected chi connectivity index (χ3v) is 15.1. The van der Waals surface area contributed by atoms with Crippen molar-refractivity contribution in [2.45, 2.75) is 39.5 Å². The topological polar surface area (TPSA) is 51.8 Å². The highest BCUT2D eigenvalue weighted by atomic mass is 16.3. The van der Waals surface area contributed by atoms with Gasteiger partial charge in [0.05, 0.1) is 11.4 Å². The van der Waals surface area contributed by atoms with Gasteiger partial charge in [-0.05, 0) is 137 Å². The Kier molecular flexibility index (Phi) is 9.38. The largest absolute Gasteiger partial charge is 0.455 e. The van der Waals surface area contributed by atoms with Crippen molar-refractivity contribution in [1.82, 2.24) is 15.0 Å². The lowest BCUT2D eigenvalue weighted by Crippen LogP contribution is -2.05. The lowest BCUT2D eigenvalue weighted by atomic mass is 9.79. The van der Waals surface area contributed by atoms with Gasteiger partial charge in [-0.1, -0.05) is 191 Å². The maximum atomic E-state index is 9.72. The van der Waals surface area contributed by atoms with Crippen molar-refractivity contribution in [3.05, 3.63) is 224 Å². The van der Waals surface area contributed by atoms with Crippen molar-refractivity contribution in [3.63, 3.8) is 0 Å². The number of pyridine rings is 1. The van der Waals surface area contributed by atoms with Crippen LogP contribution in [0.15, 0.2) is 217 Å². The predicted octanol–water partition coefficient (Wildman–Crippen LogP) is 19.0. The summed E-state index contributed by atoms with van der Waals surface area (Å²) in [4.78, 5) is 15.7. The molecule has 14 rings (SSSR count). The molecule has 0 saturated carbocycles. The SMILES string of the molecule is [2H]C(C)(C)c1cc2c(cc1-c1ncc(C([2H])(C)C)c(-c3ccc4c(c3)-c3ccccc3-c3ccccc3-c3cc(-c5cccc6c5oc5ccccc56)ccc3-4)n1)-c1ccccc1-c1ccccc1-c1ncccc1-2. The fourth-order valence-electron chi connectivity index (χ4n) is 11.7. The molecule has 73 heavy (non-hydrogen) atoms. The van der Waals surface area contributed by atoms with Crippen LogP contribution in [0.4, 0.5) is 0 Å². The molecule has 3 aromatic heterocycles. The molecule has 9 aromatic carbocycles. The average Bonchev–Trinajstić information content (AvgIpc) is 3.85. The highest BCUT2D eigenvalue weighted by molar-refractivity contribution is 6.11. The van der Waals surface area contributed by atoms with Crippen molar-refractivity contribution in [1.29, 1.82) is 0 Å². The van der Waals surface area contributed by atoms with E-state index < -0.39 is 11.8 Å². The zero-order valence-electron chi connectivity index (χ0n) is 43.0. The van der Waals surface area contributed by atoms with Crippen molar-refractivity contribution >= 4 is 21.9 Å². The van der Waals surface area contributed by atoms with E-state index >= 15 is 0 Å². The van der Waals surface area contributed by atoms with Gasteiger partial charge in [0.1, 0.15) is 11.2 Å². The smallest absolute Gasteiger partial charge is 0.160 e. The van der Waals surface area contributed by atoms with E-state index in [1.165, 1.54) is 0 Å². The summed E-state index contributed by atoms with van der Waals surface area (Å²) < 4.78 is 25.9. The Bertz CT molecular complexity index is 4340. The molecule has 0 unspecified atom stereocenters. The average molecular weight is 938 g/mol. The summed E-state index contributed by atoms with van der Waals surface area (Å²) in [6.45, 7) is 7.67. The third kappa shape index (κ3) is 6.78. The van der Waals surface area contributed by atoms with Gasteiger partial charge in [0, 0.05) is 53.7 Å². The van der Waals surface area contributed by atoms with Crippen molar-refractivity contribution in [2.24, 2.45) is 0 Å². The van der Waals surface area contributed by atoms with Crippen LogP contribution in [0.1, 0.15) is 53.4 Å². The molecule has 0 N–H and O–H groups in total. The van der Waals surface area contributed by atoms with Gasteiger partial charge in [-0.3, -0.25) is 4.98 Å². The Balaban J connectivity index is 0.985. The molecule has 0 radical (unpaired) electrons. The van der Waals surface area contributed by atoms with Crippen LogP contribution in [0.5, 0.6) is 0 Å². The van der Waals surface area contributed by atoms with E-state index in [0.717, 1.165) is 139 Å². The number of benzene rings is 9. The first-order valence-corrected chi connectivity index (χ1v) is 25.1. The second kappa shape index (κ2) is 16.8. The molecule has 3 heterocycles. The fourth-order valence-corrected chi connectivity index (χ4v) is 11.7. The van der Waals surface area contributed by atoms with E-state index in [0.29, 0.717) is 17.1 Å². The zero-order valence-corrected chi connectivity index (χ0v) is 41.0. The Morgan fingerprint density at radius 3 is 1.48 bits per heavy atom. The minimum atomic E-state index is -1.05. The minimum Gasteiger partial charge on any atom is -0.455 e. The van der Waals surface area contributed by atoms with E-state index in [4.69, 9.17) is 19.4 Å². The first kappa shape index (κ1) is 40.7. The number of hydrogen-bond acceptors (Lipinski definition) is 4. The van der Waals surface area contributed by atoms with Gasteiger partial charge in [0.15, 0.2) is 5.82 Å². The normalized spacial score (nSPS) is 12.8. The molecule has 0 fully saturated rings. The molecule has 2 aliphatic carbocycles. The number of para-hydroxylation sites is 2. The first-order valence-electron chi connectivity index (χ1n) is 26.1. The highest BCUT2D eigenvalue weighted by Gasteiger charge is 2.28. The summed E-state index contributed by atoms with van der Waals surface area (Å²) >= 11 is 0. The van der Waals surface area contributed by atoms with E-state index in [9.17, 15) is 2.74 Å². The van der Waals surface area contributed by atoms with Crippen molar-refractivity contribution < 1.29 is 7.16 Å². The zero-order chi connectivity index (χ0) is 50.7. The van der Waals surface area contributed by atoms with E-state index in [-0.39, 0.29) is 0 Å². The van der Waals surface area contributed by atoms with Crippen LogP contribution in [0.25, 0.3) is 145 Å². The third-order valence-electron chi connectivity index (χ3n) is 15.1. The molecule has 346 valence electrons. The lowest BCUT2D eigenvalue weighted by molar-refractivity contribution is 0.670. The van der Waals surface area contributed by atoms with Gasteiger partial charge in [0.2, 0.25) is 0 Å². The molecule has 0 spiro atoms. The van der Waals surface area contributed by atoms with Gasteiger partial charge in [-0.15, -0.1) is 0 Å². The maximum Gasteiger partial charge on any atom is 0.160 e. The second-order valence-electron chi connectivity index (χ2n) is 19.8. The van der Waals surface area contributed by atoms with Gasteiger partial charge in [-0.25, -0.2) is 9.97 Å². The van der Waals surface area contributed by atoms with E-state index in [2.05, 4.69) is 182 Å². The molecular formula is C69H49N3O. The molecule has 0 bridgehead atoms. The monoisotopic (exact) mass is 937 g/mol. The molecule has 0 aliphatic heterocycles. The number of fused-ring (bicyclic) bond motifs is 19. The van der Waals surface area contributed by atoms with Crippen LogP contribution in [-0.2, 0) is 0 Å². The summed E-state index contributed by atoms with van der Waals surface area (Å²) in [6.07, 6.45) is 3.70. The quantitative estimate of drug-likeness (QED) is 0.173. The maximum absolute atomic E-state index is 9.72. The van der Waals surface area contributed by atoms with Crippen LogP contribution in [0, 0.1) is 0 Å². The Labute approximate surface area is 428 Å². The summed E-state index contributed by atoms with van der Waals surface area (Å²) in [6, 6.07) is 71.2. The standard InChI is InChI=1S/C69H49N3O/c1-40(2)58-37-62-56-28-16-34-70-67(56)55-25-12-11-20-48(55)47-19-7-10-23-51(47)61(62)38-63(58)69-71-39-64(41(3)4)66(72-69)43-31-33-53-52-32-30-42(44-26-15-27-57-54-24-13-14-29-65(54)73-68(44)57)35-59(52)49-21-8-5-17-45(49)46-18-6-9-22-50(46)60(53)36-43/h5-41H,1-4H3/i40D,41D. The summed E-state index contributed by atoms with van der Waals surface area (Å²) in [5.41, 5.74) is 25.0. The van der Waals surface area contributed by atoms with Crippen molar-refractivity contribution in [3.8, 4) is 123 Å². The van der Waals surface area contributed by atoms with Gasteiger partial charge >= 0.3 is 0 Å². The van der Waals surface area contributed by atoms with Gasteiger partial charge < -0.3 is 4.42 Å². The Morgan fingerprint density at radius 2 is 0.836 bits per heavy atom. The first-order chi connectivity index (χ1) is 36.5. The molecule has 0 saturated heterocycles. The second-order valence-corrected chi connectivity index (χ2v) is 19.8. The molecule has 0 atom stereocenters. The van der Waals surface area contributed by atoms with Crippen LogP contribution in [0.2, 0.25) is 0 Å². The molecule has 2 aliphatic rings. The molecule has 4 heteroatoms. The minimum absolute atomic E-state index is 0.501. The van der Waals surface area contributed by atoms with E-state index in [1.807, 2.05) is 58.3 Å². The van der Waals surface area contributed by atoms with Crippen LogP contribution in [0.3, 0.4) is 0 Å². The molecule has 12 aromatic rings. The van der Waals surface area contributed by atoms with E-state index in [1.54, 1.807) is 0 Å². The summed E-state index contributed by atoms with van der Waals surface area (Å²) in [5.74, 6) is -1.59. The van der Waals surface area contributed by atoms with Gasteiger partial charge in [-0.2, -0.15) is 0 Å². The van der Waals surface area contributed by atoms with Crippen LogP contribution < -0.4 is 0 Å². The Morgan fingerprint density at radius 1 is 0.356 bits per heavy atom. The fraction of sp³-hybridized carbons (Fsp3) is 0.0870. The number of nitrogens with zero attached hydrogens (tertiary/aromatic N) is 3. The number of furan rings is 1. The van der Waals surface area contributed by atoms with Crippen LogP contribution in [-0.4, -0.2) is 15.0 Å². The number of aromatic nitrogens is 3. The molecular weight excluding hydrogens is 887 g/mol. The molecule has 4 nitrogen and oxygen atoms in total. The van der Waals surface area contributed by atoms with Crippen molar-refractivity contribution in [2.75, 3.05) is 0 Å². The Hall–Kier alpha value is -8.99. The predicted molar refractivity (Wildman–Crippen MR) is 302 cm³/mol. The van der Waals surface area contributed by atoms with Gasteiger partial charge in [0.25, 0.3) is 0 Å². The van der Waals surface area contributed by atoms with Crippen LogP contribution >= 0.6 is 0 Å². The lowest BCUT2D eigenvalue weighted by Gasteiger charge is -2.25. The highest BCUT2D eigenvalue weighted by Crippen LogP contribution is 2.52. The summed E-state index contributed by atoms with van der Waals surface area (Å²) in [5, 5.41) is 2.21. The number of hydrogen-bond donors (Lipinski definition) is 0. The summed E-state index contributed by atoms with van der Waals surface area (Å²) in [7, 11) is 0.